The van der Waals surface area contributed by atoms with E-state index in [2.05, 4.69) is 13.2 Å². The van der Waals surface area contributed by atoms with Gasteiger partial charge in [0.15, 0.2) is 0 Å². The lowest BCUT2D eigenvalue weighted by molar-refractivity contribution is -0.187. The summed E-state index contributed by atoms with van der Waals surface area (Å²) in [4.78, 5) is 56.0. The molecule has 0 aromatic carbocycles. The Bertz CT molecular complexity index is 627. The molecule has 0 radical (unpaired) electrons. The number of ether oxygens (including phenoxy) is 1. The Labute approximate surface area is 163 Å². The molecule has 0 saturated carbocycles. The van der Waals surface area contributed by atoms with Crippen molar-refractivity contribution < 1.29 is 33.6 Å². The van der Waals surface area contributed by atoms with Crippen LogP contribution in [0.1, 0.15) is 51.4 Å². The Morgan fingerprint density at radius 2 is 1.32 bits per heavy atom. The summed E-state index contributed by atoms with van der Waals surface area (Å²) >= 11 is 0. The summed E-state index contributed by atoms with van der Waals surface area (Å²) in [5.74, 6) is -0.941. The van der Waals surface area contributed by atoms with Gasteiger partial charge in [0.25, 0.3) is 23.6 Å². The quantitative estimate of drug-likeness (QED) is 0.203. The number of imide groups is 2. The molecule has 0 N–H and O–H groups in total. The summed E-state index contributed by atoms with van der Waals surface area (Å²) in [5, 5.41) is 1.62. The molecular formula is C19H26N2O7. The zero-order valence-corrected chi connectivity index (χ0v) is 15.9. The summed E-state index contributed by atoms with van der Waals surface area (Å²) in [6.45, 7) is 8.73. The number of carbonyl (C=O) groups is 4. The third-order valence-electron chi connectivity index (χ3n) is 4.18. The highest BCUT2D eigenvalue weighted by atomic mass is 16.7. The standard InChI is InChI=1S/C19H26N2O7/c1-14(5-3-12-27-20-16(22)7-8-17(20)23)13-26-11-4-6-15(2)28-21-18(24)9-10-19(21)25/h1-13H2. The molecule has 2 rings (SSSR count). The van der Waals surface area contributed by atoms with Crippen LogP contribution in [0.15, 0.2) is 24.5 Å². The number of hydrogen-bond acceptors (Lipinski definition) is 7. The van der Waals surface area contributed by atoms with Crippen LogP contribution >= 0.6 is 0 Å². The molecule has 28 heavy (non-hydrogen) atoms. The minimum absolute atomic E-state index is 0.174. The number of amides is 4. The van der Waals surface area contributed by atoms with E-state index >= 15 is 0 Å². The molecule has 2 aliphatic rings. The third-order valence-corrected chi connectivity index (χ3v) is 4.18. The molecule has 0 aromatic rings. The molecule has 4 amide bonds. The van der Waals surface area contributed by atoms with Crippen LogP contribution in [0, 0.1) is 0 Å². The second-order valence-electron chi connectivity index (χ2n) is 6.64. The summed E-state index contributed by atoms with van der Waals surface area (Å²) in [6.07, 6.45) is 3.15. The highest BCUT2D eigenvalue weighted by Gasteiger charge is 2.31. The fourth-order valence-corrected chi connectivity index (χ4v) is 2.67. The minimum Gasteiger partial charge on any atom is -0.377 e. The van der Waals surface area contributed by atoms with E-state index in [-0.39, 0.29) is 55.9 Å². The van der Waals surface area contributed by atoms with Crippen molar-refractivity contribution in [1.82, 2.24) is 10.1 Å². The molecular weight excluding hydrogens is 368 g/mol. The fraction of sp³-hybridized carbons (Fsp3) is 0.579. The van der Waals surface area contributed by atoms with Crippen molar-refractivity contribution in [3.63, 3.8) is 0 Å². The van der Waals surface area contributed by atoms with Gasteiger partial charge in [0.1, 0.15) is 5.76 Å². The van der Waals surface area contributed by atoms with Gasteiger partial charge in [-0.05, 0) is 19.3 Å². The molecule has 2 saturated heterocycles. The highest BCUT2D eigenvalue weighted by molar-refractivity contribution is 6.01. The molecule has 0 aliphatic carbocycles. The van der Waals surface area contributed by atoms with Crippen LogP contribution in [0.25, 0.3) is 0 Å². The normalized spacial score (nSPS) is 17.0. The predicted molar refractivity (Wildman–Crippen MR) is 96.8 cm³/mol. The number of hydrogen-bond donors (Lipinski definition) is 0. The summed E-state index contributed by atoms with van der Waals surface area (Å²) in [5.41, 5.74) is 0.881. The van der Waals surface area contributed by atoms with Crippen molar-refractivity contribution >= 4 is 23.6 Å². The number of carbonyl (C=O) groups excluding carboxylic acids is 4. The molecule has 0 aromatic heterocycles. The molecule has 9 nitrogen and oxygen atoms in total. The first-order valence-corrected chi connectivity index (χ1v) is 9.33. The molecule has 9 heteroatoms. The molecule has 2 fully saturated rings. The van der Waals surface area contributed by atoms with Crippen molar-refractivity contribution in [3.8, 4) is 0 Å². The number of nitrogens with zero attached hydrogens (tertiary/aromatic N) is 2. The smallest absolute Gasteiger partial charge is 0.263 e. The maximum Gasteiger partial charge on any atom is 0.263 e. The first-order valence-electron chi connectivity index (χ1n) is 9.33. The van der Waals surface area contributed by atoms with E-state index in [1.165, 1.54) is 0 Å². The van der Waals surface area contributed by atoms with Gasteiger partial charge in [0, 0.05) is 38.7 Å². The zero-order chi connectivity index (χ0) is 20.5. The second kappa shape index (κ2) is 10.7. The molecule has 0 unspecified atom stereocenters. The van der Waals surface area contributed by atoms with Crippen molar-refractivity contribution in [2.75, 3.05) is 19.8 Å². The lowest BCUT2D eigenvalue weighted by Crippen LogP contribution is -2.29. The van der Waals surface area contributed by atoms with E-state index < -0.39 is 0 Å². The van der Waals surface area contributed by atoms with E-state index in [0.717, 1.165) is 15.7 Å². The Kier molecular flexibility index (Phi) is 8.34. The Hall–Kier alpha value is -2.52. The Balaban J connectivity index is 1.46. The predicted octanol–water partition coefficient (Wildman–Crippen LogP) is 1.79. The summed E-state index contributed by atoms with van der Waals surface area (Å²) in [7, 11) is 0. The van der Waals surface area contributed by atoms with Gasteiger partial charge in [-0.25, -0.2) is 0 Å². The van der Waals surface area contributed by atoms with E-state index in [0.29, 0.717) is 44.7 Å². The maximum atomic E-state index is 11.4. The van der Waals surface area contributed by atoms with Crippen molar-refractivity contribution in [3.05, 3.63) is 24.5 Å². The third kappa shape index (κ3) is 6.58. The van der Waals surface area contributed by atoms with Crippen LogP contribution in [-0.4, -0.2) is 53.6 Å². The maximum absolute atomic E-state index is 11.4. The molecule has 0 atom stereocenters. The van der Waals surface area contributed by atoms with Crippen LogP contribution in [0.2, 0.25) is 0 Å². The first-order chi connectivity index (χ1) is 13.4. The average molecular weight is 394 g/mol. The van der Waals surface area contributed by atoms with Gasteiger partial charge in [-0.2, -0.15) is 5.06 Å². The van der Waals surface area contributed by atoms with Crippen LogP contribution in [0.3, 0.4) is 0 Å². The number of hydroxylamine groups is 4. The topological polar surface area (TPSA) is 102 Å². The van der Waals surface area contributed by atoms with Gasteiger partial charge >= 0.3 is 0 Å². The monoisotopic (exact) mass is 394 g/mol. The van der Waals surface area contributed by atoms with Crippen molar-refractivity contribution in [1.29, 1.82) is 0 Å². The molecule has 154 valence electrons. The van der Waals surface area contributed by atoms with Crippen LogP contribution < -0.4 is 0 Å². The van der Waals surface area contributed by atoms with Gasteiger partial charge in [0.05, 0.1) is 13.2 Å². The zero-order valence-electron chi connectivity index (χ0n) is 15.9. The van der Waals surface area contributed by atoms with E-state index in [1.807, 2.05) is 0 Å². The van der Waals surface area contributed by atoms with Crippen LogP contribution in [0.4, 0.5) is 0 Å². The lowest BCUT2D eigenvalue weighted by atomic mass is 10.2. The van der Waals surface area contributed by atoms with Gasteiger partial charge in [-0.3, -0.25) is 24.0 Å². The average Bonchev–Trinajstić information content (AvgIpc) is 3.14. The van der Waals surface area contributed by atoms with Crippen LogP contribution in [-0.2, 0) is 33.6 Å². The van der Waals surface area contributed by atoms with Crippen molar-refractivity contribution in [2.24, 2.45) is 0 Å². The summed E-state index contributed by atoms with van der Waals surface area (Å²) in [6, 6.07) is 0. The number of allylic oxidation sites excluding steroid dienone is 1. The molecule has 0 spiro atoms. The van der Waals surface area contributed by atoms with E-state index in [1.54, 1.807) is 0 Å². The lowest BCUT2D eigenvalue weighted by Gasteiger charge is -2.16. The largest absolute Gasteiger partial charge is 0.377 e. The molecule has 2 aliphatic heterocycles. The Morgan fingerprint density at radius 1 is 0.786 bits per heavy atom. The van der Waals surface area contributed by atoms with Gasteiger partial charge in [0.2, 0.25) is 0 Å². The van der Waals surface area contributed by atoms with Crippen LogP contribution in [0.5, 0.6) is 0 Å². The van der Waals surface area contributed by atoms with Crippen molar-refractivity contribution in [2.45, 2.75) is 51.4 Å². The van der Waals surface area contributed by atoms with E-state index in [4.69, 9.17) is 14.4 Å². The Morgan fingerprint density at radius 3 is 1.93 bits per heavy atom. The number of rotatable bonds is 13. The highest BCUT2D eigenvalue weighted by Crippen LogP contribution is 2.17. The molecule has 2 heterocycles. The second-order valence-corrected chi connectivity index (χ2v) is 6.64. The summed E-state index contributed by atoms with van der Waals surface area (Å²) < 4.78 is 5.52. The minimum atomic E-state index is -0.346. The van der Waals surface area contributed by atoms with Gasteiger partial charge in [-0.15, -0.1) is 5.06 Å². The molecule has 0 bridgehead atoms. The van der Waals surface area contributed by atoms with Gasteiger partial charge < -0.3 is 9.57 Å². The van der Waals surface area contributed by atoms with Gasteiger partial charge in [-0.1, -0.05) is 18.7 Å². The first kappa shape index (κ1) is 21.8. The fourth-order valence-electron chi connectivity index (χ4n) is 2.67. The SMILES string of the molecule is C=C(CCCON1C(=O)CCC1=O)COCCCC(=C)ON1C(=O)CCC1=O. The van der Waals surface area contributed by atoms with E-state index in [9.17, 15) is 19.2 Å².